The van der Waals surface area contributed by atoms with Crippen molar-refractivity contribution in [3.8, 4) is 0 Å². The van der Waals surface area contributed by atoms with Gasteiger partial charge < -0.3 is 15.2 Å². The van der Waals surface area contributed by atoms with Crippen LogP contribution >= 0.6 is 11.6 Å². The number of carboxylic acid groups (broad SMARTS) is 1. The van der Waals surface area contributed by atoms with E-state index in [-0.39, 0.29) is 18.6 Å². The van der Waals surface area contributed by atoms with E-state index in [0.29, 0.717) is 11.4 Å². The summed E-state index contributed by atoms with van der Waals surface area (Å²) in [6.07, 6.45) is 0.699. The van der Waals surface area contributed by atoms with E-state index in [4.69, 9.17) is 21.4 Å². The molecule has 0 fully saturated rings. The number of amides is 1. The summed E-state index contributed by atoms with van der Waals surface area (Å²) in [5, 5.41) is 11.8. The first-order valence-electron chi connectivity index (χ1n) is 5.87. The second-order valence-corrected chi connectivity index (χ2v) is 4.41. The van der Waals surface area contributed by atoms with Crippen LogP contribution in [0.15, 0.2) is 24.3 Å². The number of rotatable bonds is 7. The van der Waals surface area contributed by atoms with Crippen LogP contribution in [0.25, 0.3) is 0 Å². The van der Waals surface area contributed by atoms with Gasteiger partial charge in [0, 0.05) is 5.02 Å². The van der Waals surface area contributed by atoms with Crippen molar-refractivity contribution < 1.29 is 19.4 Å². The Kier molecular flexibility index (Phi) is 6.32. The van der Waals surface area contributed by atoms with E-state index in [2.05, 4.69) is 5.32 Å². The number of carboxylic acids is 1. The molecule has 0 bridgehead atoms. The Hall–Kier alpha value is -1.59. The molecule has 104 valence electrons. The Labute approximate surface area is 116 Å². The standard InChI is InChI=1S/C13H16ClNO4/c1-2-11(9-4-3-5-10(14)6-9)15-12(16)7-19-8-13(17)18/h3-6,11H,2,7-8H2,1H3,(H,15,16)(H,17,18). The van der Waals surface area contributed by atoms with Crippen LogP contribution in [0.2, 0.25) is 5.02 Å². The maximum Gasteiger partial charge on any atom is 0.329 e. The molecule has 0 saturated carbocycles. The predicted molar refractivity (Wildman–Crippen MR) is 71.1 cm³/mol. The van der Waals surface area contributed by atoms with Gasteiger partial charge in [-0.1, -0.05) is 30.7 Å². The summed E-state index contributed by atoms with van der Waals surface area (Å²) >= 11 is 5.90. The number of halogens is 1. The molecule has 0 spiro atoms. The highest BCUT2D eigenvalue weighted by Gasteiger charge is 2.13. The van der Waals surface area contributed by atoms with Crippen LogP contribution < -0.4 is 5.32 Å². The van der Waals surface area contributed by atoms with Crippen molar-refractivity contribution in [1.29, 1.82) is 0 Å². The number of carbonyl (C=O) groups excluding carboxylic acids is 1. The van der Waals surface area contributed by atoms with Gasteiger partial charge >= 0.3 is 5.97 Å². The van der Waals surface area contributed by atoms with E-state index in [1.54, 1.807) is 12.1 Å². The number of benzene rings is 1. The van der Waals surface area contributed by atoms with Crippen LogP contribution in [-0.2, 0) is 14.3 Å². The molecule has 0 aliphatic carbocycles. The third kappa shape index (κ3) is 5.72. The lowest BCUT2D eigenvalue weighted by Gasteiger charge is -2.17. The lowest BCUT2D eigenvalue weighted by molar-refractivity contribution is -0.143. The van der Waals surface area contributed by atoms with Crippen molar-refractivity contribution in [1.82, 2.24) is 5.32 Å². The molecular formula is C13H16ClNO4. The molecule has 2 N–H and O–H groups in total. The summed E-state index contributed by atoms with van der Waals surface area (Å²) in [5.74, 6) is -1.46. The van der Waals surface area contributed by atoms with Crippen molar-refractivity contribution in [3.63, 3.8) is 0 Å². The molecule has 0 saturated heterocycles. The van der Waals surface area contributed by atoms with Crippen LogP contribution in [0.3, 0.4) is 0 Å². The third-order valence-electron chi connectivity index (χ3n) is 2.45. The summed E-state index contributed by atoms with van der Waals surface area (Å²) < 4.78 is 4.72. The van der Waals surface area contributed by atoms with Crippen molar-refractivity contribution in [3.05, 3.63) is 34.9 Å². The summed E-state index contributed by atoms with van der Waals surface area (Å²) in [6, 6.07) is 7.06. The van der Waals surface area contributed by atoms with Gasteiger partial charge in [-0.25, -0.2) is 4.79 Å². The molecule has 1 atom stereocenters. The van der Waals surface area contributed by atoms with Gasteiger partial charge in [-0.15, -0.1) is 0 Å². The summed E-state index contributed by atoms with van der Waals surface area (Å²) in [7, 11) is 0. The quantitative estimate of drug-likeness (QED) is 0.803. The maximum atomic E-state index is 11.6. The highest BCUT2D eigenvalue weighted by molar-refractivity contribution is 6.30. The zero-order valence-corrected chi connectivity index (χ0v) is 11.3. The van der Waals surface area contributed by atoms with Gasteiger partial charge in [-0.3, -0.25) is 4.79 Å². The van der Waals surface area contributed by atoms with E-state index in [1.807, 2.05) is 19.1 Å². The Balaban J connectivity index is 2.52. The minimum atomic E-state index is -1.10. The molecule has 0 heterocycles. The van der Waals surface area contributed by atoms with Crippen molar-refractivity contribution in [2.75, 3.05) is 13.2 Å². The summed E-state index contributed by atoms with van der Waals surface area (Å²) in [6.45, 7) is 1.18. The zero-order chi connectivity index (χ0) is 14.3. The molecule has 5 nitrogen and oxygen atoms in total. The first-order chi connectivity index (χ1) is 9.02. The highest BCUT2D eigenvalue weighted by atomic mass is 35.5. The molecule has 1 amide bonds. The predicted octanol–water partition coefficient (Wildman–Crippen LogP) is 2.01. The van der Waals surface area contributed by atoms with Gasteiger partial charge in [-0.2, -0.15) is 0 Å². The van der Waals surface area contributed by atoms with Gasteiger partial charge in [0.2, 0.25) is 5.91 Å². The fourth-order valence-electron chi connectivity index (χ4n) is 1.61. The van der Waals surface area contributed by atoms with Crippen LogP contribution in [0.1, 0.15) is 24.9 Å². The number of hydrogen-bond donors (Lipinski definition) is 2. The summed E-state index contributed by atoms with van der Waals surface area (Å²) in [4.78, 5) is 21.8. The van der Waals surface area contributed by atoms with Gasteiger partial charge in [-0.05, 0) is 24.1 Å². The smallest absolute Gasteiger partial charge is 0.329 e. The Morgan fingerprint density at radius 3 is 2.74 bits per heavy atom. The maximum absolute atomic E-state index is 11.6. The molecule has 1 aromatic carbocycles. The fourth-order valence-corrected chi connectivity index (χ4v) is 1.81. The first kappa shape index (κ1) is 15.5. The molecule has 0 aliphatic rings. The normalized spacial score (nSPS) is 11.9. The van der Waals surface area contributed by atoms with E-state index >= 15 is 0 Å². The third-order valence-corrected chi connectivity index (χ3v) is 2.69. The molecule has 6 heteroatoms. The van der Waals surface area contributed by atoms with Gasteiger partial charge in [0.15, 0.2) is 0 Å². The number of hydrogen-bond acceptors (Lipinski definition) is 3. The lowest BCUT2D eigenvalue weighted by Crippen LogP contribution is -2.32. The first-order valence-corrected chi connectivity index (χ1v) is 6.25. The van der Waals surface area contributed by atoms with E-state index in [0.717, 1.165) is 5.56 Å². The summed E-state index contributed by atoms with van der Waals surface area (Å²) in [5.41, 5.74) is 0.904. The number of aliphatic carboxylic acids is 1. The van der Waals surface area contributed by atoms with Crippen LogP contribution in [0, 0.1) is 0 Å². The Morgan fingerprint density at radius 1 is 1.42 bits per heavy atom. The molecule has 1 aromatic rings. The van der Waals surface area contributed by atoms with Crippen molar-refractivity contribution in [2.24, 2.45) is 0 Å². The second-order valence-electron chi connectivity index (χ2n) is 3.97. The fraction of sp³-hybridized carbons (Fsp3) is 0.385. The molecule has 0 aromatic heterocycles. The largest absolute Gasteiger partial charge is 0.480 e. The monoisotopic (exact) mass is 285 g/mol. The SMILES string of the molecule is CCC(NC(=O)COCC(=O)O)c1cccc(Cl)c1. The van der Waals surface area contributed by atoms with Gasteiger partial charge in [0.25, 0.3) is 0 Å². The lowest BCUT2D eigenvalue weighted by atomic mass is 10.0. The topological polar surface area (TPSA) is 75.6 Å². The van der Waals surface area contributed by atoms with Crippen LogP contribution in [0.5, 0.6) is 0 Å². The molecule has 0 radical (unpaired) electrons. The van der Waals surface area contributed by atoms with Gasteiger partial charge in [0.05, 0.1) is 6.04 Å². The average molecular weight is 286 g/mol. The second kappa shape index (κ2) is 7.76. The minimum Gasteiger partial charge on any atom is -0.480 e. The molecule has 0 aliphatic heterocycles. The molecule has 19 heavy (non-hydrogen) atoms. The Bertz CT molecular complexity index is 450. The van der Waals surface area contributed by atoms with E-state index < -0.39 is 12.6 Å². The minimum absolute atomic E-state index is 0.167. The number of ether oxygens (including phenoxy) is 1. The van der Waals surface area contributed by atoms with Crippen LogP contribution in [0.4, 0.5) is 0 Å². The molecule has 1 rings (SSSR count). The average Bonchev–Trinajstić information content (AvgIpc) is 2.35. The Morgan fingerprint density at radius 2 is 2.16 bits per heavy atom. The van der Waals surface area contributed by atoms with Crippen molar-refractivity contribution >= 4 is 23.5 Å². The van der Waals surface area contributed by atoms with Gasteiger partial charge in [0.1, 0.15) is 13.2 Å². The van der Waals surface area contributed by atoms with E-state index in [1.165, 1.54) is 0 Å². The molecular weight excluding hydrogens is 270 g/mol. The molecule has 1 unspecified atom stereocenters. The zero-order valence-electron chi connectivity index (χ0n) is 10.6. The van der Waals surface area contributed by atoms with Crippen molar-refractivity contribution in [2.45, 2.75) is 19.4 Å². The van der Waals surface area contributed by atoms with E-state index in [9.17, 15) is 9.59 Å². The highest BCUT2D eigenvalue weighted by Crippen LogP contribution is 2.20. The number of nitrogens with one attached hydrogen (secondary N) is 1. The number of carbonyl (C=O) groups is 2. The van der Waals surface area contributed by atoms with Crippen LogP contribution in [-0.4, -0.2) is 30.2 Å².